The van der Waals surface area contributed by atoms with Gasteiger partial charge in [-0.2, -0.15) is 0 Å². The standard InChI is InChI=1S/C12H25BrO2/c1-6-8-14-11(2,3)7-9-15-12(4,5)10-13/h6-10H2,1-5H3. The first-order valence-corrected chi connectivity index (χ1v) is 6.79. The van der Waals surface area contributed by atoms with Crippen LogP contribution in [0.15, 0.2) is 0 Å². The van der Waals surface area contributed by atoms with E-state index in [9.17, 15) is 0 Å². The molecule has 0 bridgehead atoms. The number of ether oxygens (including phenoxy) is 2. The van der Waals surface area contributed by atoms with E-state index in [1.165, 1.54) is 0 Å². The third-order valence-corrected chi connectivity index (χ3v) is 3.57. The predicted octanol–water partition coefficient (Wildman–Crippen LogP) is 3.77. The molecule has 0 saturated heterocycles. The monoisotopic (exact) mass is 280 g/mol. The van der Waals surface area contributed by atoms with Gasteiger partial charge in [-0.15, -0.1) is 0 Å². The van der Waals surface area contributed by atoms with Crippen molar-refractivity contribution in [1.29, 1.82) is 0 Å². The summed E-state index contributed by atoms with van der Waals surface area (Å²) >= 11 is 3.44. The van der Waals surface area contributed by atoms with Crippen molar-refractivity contribution in [2.75, 3.05) is 18.5 Å². The van der Waals surface area contributed by atoms with Crippen LogP contribution in [0.3, 0.4) is 0 Å². The molecule has 0 fully saturated rings. The molecule has 0 radical (unpaired) electrons. The summed E-state index contributed by atoms with van der Waals surface area (Å²) in [6.07, 6.45) is 2.00. The van der Waals surface area contributed by atoms with Gasteiger partial charge in [0, 0.05) is 11.9 Å². The molecule has 0 aliphatic rings. The second-order valence-corrected chi connectivity index (χ2v) is 5.66. The third kappa shape index (κ3) is 8.23. The largest absolute Gasteiger partial charge is 0.375 e. The summed E-state index contributed by atoms with van der Waals surface area (Å²) in [6.45, 7) is 12.1. The van der Waals surface area contributed by atoms with Crippen LogP contribution in [0.2, 0.25) is 0 Å². The second kappa shape index (κ2) is 6.87. The lowest BCUT2D eigenvalue weighted by molar-refractivity contribution is -0.0646. The maximum Gasteiger partial charge on any atom is 0.0722 e. The molecular formula is C12H25BrO2. The average Bonchev–Trinajstić information content (AvgIpc) is 2.14. The lowest BCUT2D eigenvalue weighted by Crippen LogP contribution is -2.31. The minimum absolute atomic E-state index is 0.0710. The molecule has 0 aromatic carbocycles. The molecule has 0 aromatic heterocycles. The topological polar surface area (TPSA) is 18.5 Å². The fourth-order valence-corrected chi connectivity index (χ4v) is 1.22. The van der Waals surface area contributed by atoms with Crippen molar-refractivity contribution in [2.45, 2.75) is 58.7 Å². The Labute approximate surface area is 103 Å². The molecule has 0 aliphatic heterocycles. The van der Waals surface area contributed by atoms with E-state index in [0.717, 1.165) is 31.4 Å². The molecule has 0 aliphatic carbocycles. The van der Waals surface area contributed by atoms with Crippen LogP contribution in [0.4, 0.5) is 0 Å². The summed E-state index contributed by atoms with van der Waals surface area (Å²) in [6, 6.07) is 0. The first-order chi connectivity index (χ1) is 6.83. The Morgan fingerprint density at radius 1 is 0.933 bits per heavy atom. The zero-order valence-electron chi connectivity index (χ0n) is 10.7. The summed E-state index contributed by atoms with van der Waals surface area (Å²) in [4.78, 5) is 0. The molecule has 0 spiro atoms. The number of hydrogen-bond donors (Lipinski definition) is 0. The highest BCUT2D eigenvalue weighted by molar-refractivity contribution is 9.09. The van der Waals surface area contributed by atoms with Crippen molar-refractivity contribution in [2.24, 2.45) is 0 Å². The molecule has 3 heteroatoms. The van der Waals surface area contributed by atoms with E-state index < -0.39 is 0 Å². The van der Waals surface area contributed by atoms with Crippen molar-refractivity contribution < 1.29 is 9.47 Å². The highest BCUT2D eigenvalue weighted by Gasteiger charge is 2.21. The van der Waals surface area contributed by atoms with Crippen LogP contribution in [0.25, 0.3) is 0 Å². The molecule has 15 heavy (non-hydrogen) atoms. The molecule has 0 N–H and O–H groups in total. The van der Waals surface area contributed by atoms with E-state index in [-0.39, 0.29) is 11.2 Å². The lowest BCUT2D eigenvalue weighted by Gasteiger charge is -2.28. The maximum atomic E-state index is 5.77. The Balaban J connectivity index is 3.74. The van der Waals surface area contributed by atoms with Crippen molar-refractivity contribution in [3.63, 3.8) is 0 Å². The minimum Gasteiger partial charge on any atom is -0.375 e. The predicted molar refractivity (Wildman–Crippen MR) is 68.8 cm³/mol. The molecule has 0 aromatic rings. The summed E-state index contributed by atoms with van der Waals surface area (Å²) < 4.78 is 11.5. The Hall–Kier alpha value is 0.400. The Bertz CT molecular complexity index is 167. The highest BCUT2D eigenvalue weighted by atomic mass is 79.9. The van der Waals surface area contributed by atoms with Crippen LogP contribution >= 0.6 is 15.9 Å². The normalized spacial score (nSPS) is 13.2. The van der Waals surface area contributed by atoms with Gasteiger partial charge in [0.15, 0.2) is 0 Å². The molecule has 0 atom stereocenters. The number of rotatable bonds is 8. The van der Waals surface area contributed by atoms with Gasteiger partial charge < -0.3 is 9.47 Å². The summed E-state index contributed by atoms with van der Waals surface area (Å²) in [5, 5.41) is 0.857. The molecule has 0 heterocycles. The molecule has 0 unspecified atom stereocenters. The Morgan fingerprint density at radius 3 is 1.93 bits per heavy atom. The van der Waals surface area contributed by atoms with Gasteiger partial charge in [0.1, 0.15) is 0 Å². The van der Waals surface area contributed by atoms with Gasteiger partial charge in [0.25, 0.3) is 0 Å². The van der Waals surface area contributed by atoms with Crippen molar-refractivity contribution in [3.05, 3.63) is 0 Å². The van der Waals surface area contributed by atoms with Crippen LogP contribution in [-0.4, -0.2) is 29.7 Å². The summed E-state index contributed by atoms with van der Waals surface area (Å²) in [7, 11) is 0. The number of alkyl halides is 1. The van der Waals surface area contributed by atoms with Crippen LogP contribution in [-0.2, 0) is 9.47 Å². The van der Waals surface area contributed by atoms with E-state index in [1.807, 2.05) is 0 Å². The number of hydrogen-bond acceptors (Lipinski definition) is 2. The van der Waals surface area contributed by atoms with E-state index in [1.54, 1.807) is 0 Å². The third-order valence-electron chi connectivity index (χ3n) is 2.22. The quantitative estimate of drug-likeness (QED) is 0.630. The molecule has 0 rings (SSSR count). The molecular weight excluding hydrogens is 256 g/mol. The molecule has 0 amide bonds. The van der Waals surface area contributed by atoms with Gasteiger partial charge in [-0.05, 0) is 40.5 Å². The minimum atomic E-state index is -0.0825. The number of halogens is 1. The van der Waals surface area contributed by atoms with E-state index in [4.69, 9.17) is 9.47 Å². The van der Waals surface area contributed by atoms with Crippen LogP contribution < -0.4 is 0 Å². The molecule has 2 nitrogen and oxygen atoms in total. The zero-order chi connectivity index (χ0) is 11.9. The SMILES string of the molecule is CCCOC(C)(C)CCOC(C)(C)CBr. The van der Waals surface area contributed by atoms with E-state index in [2.05, 4.69) is 50.5 Å². The van der Waals surface area contributed by atoms with Gasteiger partial charge in [0.2, 0.25) is 0 Å². The van der Waals surface area contributed by atoms with Gasteiger partial charge in [0.05, 0.1) is 17.8 Å². The first kappa shape index (κ1) is 15.4. The Kier molecular flexibility index (Phi) is 7.05. The van der Waals surface area contributed by atoms with Crippen LogP contribution in [0.1, 0.15) is 47.5 Å². The highest BCUT2D eigenvalue weighted by Crippen LogP contribution is 2.18. The second-order valence-electron chi connectivity index (χ2n) is 5.10. The fourth-order valence-electron chi connectivity index (χ4n) is 1.06. The van der Waals surface area contributed by atoms with Crippen LogP contribution in [0.5, 0.6) is 0 Å². The molecule has 92 valence electrons. The summed E-state index contributed by atoms with van der Waals surface area (Å²) in [5.74, 6) is 0. The lowest BCUT2D eigenvalue weighted by atomic mass is 10.1. The zero-order valence-corrected chi connectivity index (χ0v) is 12.3. The maximum absolute atomic E-state index is 5.77. The fraction of sp³-hybridized carbons (Fsp3) is 1.00. The van der Waals surface area contributed by atoms with E-state index >= 15 is 0 Å². The molecule has 0 saturated carbocycles. The van der Waals surface area contributed by atoms with Gasteiger partial charge >= 0.3 is 0 Å². The summed E-state index contributed by atoms with van der Waals surface area (Å²) in [5.41, 5.74) is -0.154. The van der Waals surface area contributed by atoms with Gasteiger partial charge in [-0.1, -0.05) is 22.9 Å². The van der Waals surface area contributed by atoms with Crippen molar-refractivity contribution in [3.8, 4) is 0 Å². The average molecular weight is 281 g/mol. The smallest absolute Gasteiger partial charge is 0.0722 e. The van der Waals surface area contributed by atoms with E-state index in [0.29, 0.717) is 0 Å². The van der Waals surface area contributed by atoms with Gasteiger partial charge in [-0.3, -0.25) is 0 Å². The van der Waals surface area contributed by atoms with Crippen LogP contribution in [0, 0.1) is 0 Å². The first-order valence-electron chi connectivity index (χ1n) is 5.67. The Morgan fingerprint density at radius 2 is 1.47 bits per heavy atom. The van der Waals surface area contributed by atoms with Gasteiger partial charge in [-0.25, -0.2) is 0 Å². The van der Waals surface area contributed by atoms with Crippen molar-refractivity contribution in [1.82, 2.24) is 0 Å². The van der Waals surface area contributed by atoms with Crippen molar-refractivity contribution >= 4 is 15.9 Å².